The minimum atomic E-state index is -5.33. The van der Waals surface area contributed by atoms with E-state index in [4.69, 9.17) is 15.6 Å². The maximum atomic E-state index is 10.3. The van der Waals surface area contributed by atoms with Crippen LogP contribution >= 0.6 is 7.82 Å². The lowest BCUT2D eigenvalue weighted by molar-refractivity contribution is -0.361. The number of rotatable bonds is 3. The highest BCUT2D eigenvalue weighted by molar-refractivity contribution is 7.43. The fourth-order valence-corrected chi connectivity index (χ4v) is 1.77. The summed E-state index contributed by atoms with van der Waals surface area (Å²) < 4.78 is 19.0. The van der Waals surface area contributed by atoms with Crippen molar-refractivity contribution in [2.75, 3.05) is 6.61 Å². The molecule has 5 N–H and O–H groups in total. The Hall–Kier alpha value is -0.0900. The van der Waals surface area contributed by atoms with Crippen molar-refractivity contribution in [1.82, 2.24) is 0 Å². The van der Waals surface area contributed by atoms with E-state index < -0.39 is 45.1 Å². The summed E-state index contributed by atoms with van der Waals surface area (Å²) in [7, 11) is -5.33. The second kappa shape index (κ2) is 5.05. The molecular weight excluding hydrogens is 245 g/mol. The van der Waals surface area contributed by atoms with Gasteiger partial charge >= 0.3 is 0 Å². The van der Waals surface area contributed by atoms with Crippen LogP contribution in [0.25, 0.3) is 0 Å². The predicted molar refractivity (Wildman–Crippen MR) is 44.4 cm³/mol. The molecule has 16 heavy (non-hydrogen) atoms. The van der Waals surface area contributed by atoms with Crippen LogP contribution < -0.4 is 15.5 Å². The Morgan fingerprint density at radius 2 is 1.94 bits per heavy atom. The minimum absolute atomic E-state index is 0.688. The number of phosphoric ester groups is 1. The Kier molecular flexibility index (Phi) is 4.41. The molecule has 1 rings (SSSR count). The largest absolute Gasteiger partial charge is 0.790 e. The summed E-state index contributed by atoms with van der Waals surface area (Å²) in [6.45, 7) is -0.688. The molecule has 5 atom stereocenters. The molecule has 0 aromatic heterocycles. The molecule has 1 aliphatic rings. The monoisotopic (exact) mass is 257 g/mol. The lowest BCUT2D eigenvalue weighted by Gasteiger charge is -2.43. The molecule has 0 amide bonds. The highest BCUT2D eigenvalue weighted by atomic mass is 31.2. The molecule has 1 fully saturated rings. The molecule has 0 radical (unpaired) electrons. The van der Waals surface area contributed by atoms with Crippen molar-refractivity contribution in [2.24, 2.45) is 5.73 Å². The Bertz CT molecular complexity index is 280. The van der Waals surface area contributed by atoms with Crippen LogP contribution in [-0.2, 0) is 13.8 Å². The molecule has 96 valence electrons. The topological polar surface area (TPSA) is 168 Å². The lowest BCUT2D eigenvalue weighted by Crippen LogP contribution is -2.62. The summed E-state index contributed by atoms with van der Waals surface area (Å²) in [5, 5.41) is 27.5. The van der Waals surface area contributed by atoms with Gasteiger partial charge in [-0.2, -0.15) is 0 Å². The third-order valence-electron chi connectivity index (χ3n) is 2.16. The van der Waals surface area contributed by atoms with E-state index in [1.165, 1.54) is 0 Å². The van der Waals surface area contributed by atoms with Crippen LogP contribution in [-0.4, -0.2) is 52.6 Å². The van der Waals surface area contributed by atoms with Gasteiger partial charge < -0.3 is 44.7 Å². The van der Waals surface area contributed by atoms with E-state index in [0.717, 1.165) is 0 Å². The zero-order chi connectivity index (χ0) is 12.5. The van der Waals surface area contributed by atoms with Crippen LogP contribution in [0, 0.1) is 0 Å². The zero-order valence-corrected chi connectivity index (χ0v) is 8.90. The summed E-state index contributed by atoms with van der Waals surface area (Å²) in [5.74, 6) is 0. The Morgan fingerprint density at radius 1 is 1.38 bits per heavy atom. The van der Waals surface area contributed by atoms with Gasteiger partial charge in [-0.15, -0.1) is 0 Å². The summed E-state index contributed by atoms with van der Waals surface area (Å²) in [5.41, 5.74) is 5.30. The van der Waals surface area contributed by atoms with Gasteiger partial charge in [0.25, 0.3) is 0 Å². The molecule has 0 saturated carbocycles. The first-order valence-electron chi connectivity index (χ1n) is 4.34. The van der Waals surface area contributed by atoms with Crippen molar-refractivity contribution in [3.63, 3.8) is 0 Å². The molecular formula is C6H12NO8P-2. The number of nitrogens with two attached hydrogens (primary N) is 1. The second-order valence-electron chi connectivity index (χ2n) is 3.34. The summed E-state index contributed by atoms with van der Waals surface area (Å²) in [6, 6.07) is -1.41. The first kappa shape index (κ1) is 14.0. The van der Waals surface area contributed by atoms with Crippen molar-refractivity contribution in [3.05, 3.63) is 0 Å². The summed E-state index contributed by atoms with van der Waals surface area (Å²) in [6.07, 6.45) is -6.05. The highest BCUT2D eigenvalue weighted by Gasteiger charge is 2.43. The standard InChI is InChI=1S/C6H14NO8P/c7-3-5(10)4(9)2(1-8)14-6(3)15-16(11,12)13/h2-6,8-10H,1,7H2,(H2,11,12,13)/p-2/t2?,3-,4-,5?,6+/m0/s1. The van der Waals surface area contributed by atoms with Crippen molar-refractivity contribution in [1.29, 1.82) is 0 Å². The quantitative estimate of drug-likeness (QED) is 0.364. The normalized spacial score (nSPS) is 41.0. The average Bonchev–Trinajstić information content (AvgIpc) is 2.17. The lowest BCUT2D eigenvalue weighted by atomic mass is 9.98. The second-order valence-corrected chi connectivity index (χ2v) is 4.44. The van der Waals surface area contributed by atoms with Crippen LogP contribution in [0.3, 0.4) is 0 Å². The summed E-state index contributed by atoms with van der Waals surface area (Å²) >= 11 is 0. The van der Waals surface area contributed by atoms with Gasteiger partial charge in [-0.1, -0.05) is 0 Å². The van der Waals surface area contributed by atoms with Crippen LogP contribution in [0.15, 0.2) is 0 Å². The van der Waals surface area contributed by atoms with Gasteiger partial charge in [-0.05, 0) is 0 Å². The van der Waals surface area contributed by atoms with Gasteiger partial charge in [0, 0.05) is 0 Å². The molecule has 1 heterocycles. The number of aliphatic hydroxyl groups excluding tert-OH is 3. The molecule has 0 bridgehead atoms. The van der Waals surface area contributed by atoms with Crippen molar-refractivity contribution < 1.29 is 38.9 Å². The van der Waals surface area contributed by atoms with Gasteiger partial charge in [0.05, 0.1) is 20.5 Å². The number of aliphatic hydroxyl groups is 3. The minimum Gasteiger partial charge on any atom is -0.790 e. The number of hydrogen-bond acceptors (Lipinski definition) is 9. The van der Waals surface area contributed by atoms with Gasteiger partial charge in [0.1, 0.15) is 18.3 Å². The Morgan fingerprint density at radius 3 is 2.38 bits per heavy atom. The first-order valence-corrected chi connectivity index (χ1v) is 5.81. The number of hydrogen-bond donors (Lipinski definition) is 4. The molecule has 2 unspecified atom stereocenters. The first-order chi connectivity index (χ1) is 7.26. The molecule has 0 spiro atoms. The van der Waals surface area contributed by atoms with E-state index in [1.54, 1.807) is 0 Å². The fraction of sp³-hybridized carbons (Fsp3) is 1.00. The predicted octanol–water partition coefficient (Wildman–Crippen LogP) is -4.40. The van der Waals surface area contributed by atoms with Gasteiger partial charge in [-0.25, -0.2) is 0 Å². The van der Waals surface area contributed by atoms with Crippen molar-refractivity contribution >= 4 is 7.82 Å². The molecule has 0 aromatic rings. The van der Waals surface area contributed by atoms with Gasteiger partial charge in [-0.3, -0.25) is 0 Å². The molecule has 9 nitrogen and oxygen atoms in total. The number of phosphoric acid groups is 1. The molecule has 1 saturated heterocycles. The maximum absolute atomic E-state index is 10.3. The maximum Gasteiger partial charge on any atom is 0.180 e. The van der Waals surface area contributed by atoms with Crippen molar-refractivity contribution in [2.45, 2.75) is 30.6 Å². The molecule has 10 heteroatoms. The van der Waals surface area contributed by atoms with Crippen LogP contribution in [0.5, 0.6) is 0 Å². The van der Waals surface area contributed by atoms with E-state index in [0.29, 0.717) is 0 Å². The highest BCUT2D eigenvalue weighted by Crippen LogP contribution is 2.32. The Labute approximate surface area is 90.6 Å². The third-order valence-corrected chi connectivity index (χ3v) is 2.63. The van der Waals surface area contributed by atoms with Crippen LogP contribution in [0.1, 0.15) is 0 Å². The van der Waals surface area contributed by atoms with Crippen LogP contribution in [0.4, 0.5) is 0 Å². The molecule has 0 aliphatic carbocycles. The van der Waals surface area contributed by atoms with E-state index in [9.17, 15) is 24.6 Å². The fourth-order valence-electron chi connectivity index (χ4n) is 1.33. The van der Waals surface area contributed by atoms with E-state index in [2.05, 4.69) is 4.52 Å². The molecule has 0 aromatic carbocycles. The zero-order valence-electron chi connectivity index (χ0n) is 8.00. The van der Waals surface area contributed by atoms with Gasteiger partial charge in [0.2, 0.25) is 0 Å². The van der Waals surface area contributed by atoms with Crippen LogP contribution in [0.2, 0.25) is 0 Å². The van der Waals surface area contributed by atoms with Crippen molar-refractivity contribution in [3.8, 4) is 0 Å². The SMILES string of the molecule is N[C@H]1C(O)[C@@H](O)C(CO)O[C@@H]1OP(=O)([O-])[O-]. The van der Waals surface area contributed by atoms with Gasteiger partial charge in [0.15, 0.2) is 6.29 Å². The van der Waals surface area contributed by atoms with E-state index in [1.807, 2.05) is 0 Å². The molecule has 1 aliphatic heterocycles. The smallest absolute Gasteiger partial charge is 0.180 e. The summed E-state index contributed by atoms with van der Waals surface area (Å²) in [4.78, 5) is 20.7. The average molecular weight is 257 g/mol. The number of ether oxygens (including phenoxy) is 1. The third kappa shape index (κ3) is 3.20. The Balaban J connectivity index is 2.75. The van der Waals surface area contributed by atoms with E-state index >= 15 is 0 Å². The van der Waals surface area contributed by atoms with E-state index in [-0.39, 0.29) is 0 Å².